The van der Waals surface area contributed by atoms with Crippen LogP contribution in [0.2, 0.25) is 0 Å². The van der Waals surface area contributed by atoms with Crippen LogP contribution in [0.15, 0.2) is 36.7 Å². The molecule has 4 atom stereocenters. The second-order valence-electron chi connectivity index (χ2n) is 13.8. The number of imidazole rings is 2. The summed E-state index contributed by atoms with van der Waals surface area (Å²) in [5.74, 6) is 0.968. The van der Waals surface area contributed by atoms with E-state index in [2.05, 4.69) is 54.8 Å². The number of H-pyrrole nitrogens is 2. The van der Waals surface area contributed by atoms with Gasteiger partial charge < -0.3 is 39.9 Å². The Morgan fingerprint density at radius 3 is 1.44 bits per heavy atom. The molecule has 0 radical (unpaired) electrons. The first-order valence-electron chi connectivity index (χ1n) is 17.6. The Bertz CT molecular complexity index is 1760. The van der Waals surface area contributed by atoms with E-state index in [9.17, 15) is 19.2 Å². The number of nitrogens with one attached hydrogen (secondary N) is 4. The first kappa shape index (κ1) is 37.1. The van der Waals surface area contributed by atoms with Crippen molar-refractivity contribution in [3.8, 4) is 30.9 Å². The molecular formula is C36H46N8O6S2. The molecule has 4 amide bonds. The largest absolute Gasteiger partial charge is 0.453 e. The van der Waals surface area contributed by atoms with Gasteiger partial charge >= 0.3 is 12.2 Å². The molecule has 52 heavy (non-hydrogen) atoms. The molecule has 0 saturated carbocycles. The molecule has 16 heteroatoms. The van der Waals surface area contributed by atoms with Crippen LogP contribution in [-0.4, -0.2) is 93.1 Å². The van der Waals surface area contributed by atoms with Gasteiger partial charge in [-0.1, -0.05) is 27.7 Å². The van der Waals surface area contributed by atoms with Crippen LogP contribution < -0.4 is 10.6 Å². The summed E-state index contributed by atoms with van der Waals surface area (Å²) >= 11 is 3.31. The van der Waals surface area contributed by atoms with Crippen LogP contribution >= 0.6 is 22.7 Å². The minimum Gasteiger partial charge on any atom is -0.453 e. The van der Waals surface area contributed by atoms with Crippen molar-refractivity contribution in [2.45, 2.75) is 77.5 Å². The van der Waals surface area contributed by atoms with Crippen molar-refractivity contribution >= 4 is 46.7 Å². The third-order valence-corrected chi connectivity index (χ3v) is 12.1. The zero-order valence-corrected chi connectivity index (χ0v) is 31.9. The molecule has 2 aliphatic rings. The highest BCUT2D eigenvalue weighted by molar-refractivity contribution is 7.25. The average molecular weight is 751 g/mol. The number of ether oxygens (including phenoxy) is 2. The maximum absolute atomic E-state index is 13.5. The summed E-state index contributed by atoms with van der Waals surface area (Å²) < 4.78 is 9.51. The van der Waals surface area contributed by atoms with Gasteiger partial charge in [0.1, 0.15) is 23.7 Å². The number of aromatic nitrogens is 4. The highest BCUT2D eigenvalue weighted by Gasteiger charge is 2.39. The molecule has 2 fully saturated rings. The molecular weight excluding hydrogens is 705 g/mol. The van der Waals surface area contributed by atoms with Crippen molar-refractivity contribution in [1.82, 2.24) is 40.4 Å². The van der Waals surface area contributed by atoms with E-state index in [0.717, 1.165) is 68.2 Å². The Balaban J connectivity index is 1.13. The summed E-state index contributed by atoms with van der Waals surface area (Å²) in [5, 5.41) is 5.39. The highest BCUT2D eigenvalue weighted by atomic mass is 32.1. The van der Waals surface area contributed by atoms with Crippen molar-refractivity contribution in [2.24, 2.45) is 11.8 Å². The topological polar surface area (TPSA) is 175 Å². The lowest BCUT2D eigenvalue weighted by Gasteiger charge is -2.30. The van der Waals surface area contributed by atoms with E-state index in [-0.39, 0.29) is 35.7 Å². The molecule has 6 heterocycles. The lowest BCUT2D eigenvalue weighted by atomic mass is 10.0. The fourth-order valence-corrected chi connectivity index (χ4v) is 8.91. The predicted molar refractivity (Wildman–Crippen MR) is 199 cm³/mol. The van der Waals surface area contributed by atoms with E-state index in [0.29, 0.717) is 13.1 Å². The number of hydrogen-bond donors (Lipinski definition) is 4. The number of hydrogen-bond acceptors (Lipinski definition) is 10. The van der Waals surface area contributed by atoms with Gasteiger partial charge in [-0.25, -0.2) is 19.6 Å². The fourth-order valence-electron chi connectivity index (χ4n) is 6.88. The molecule has 0 unspecified atom stereocenters. The Morgan fingerprint density at radius 2 is 1.08 bits per heavy atom. The zero-order valence-electron chi connectivity index (χ0n) is 30.2. The molecule has 6 rings (SSSR count). The van der Waals surface area contributed by atoms with Crippen molar-refractivity contribution in [1.29, 1.82) is 0 Å². The lowest BCUT2D eigenvalue weighted by molar-refractivity contribution is -0.136. The lowest BCUT2D eigenvalue weighted by Crippen LogP contribution is -2.51. The first-order valence-corrected chi connectivity index (χ1v) is 19.2. The van der Waals surface area contributed by atoms with Crippen molar-refractivity contribution in [3.63, 3.8) is 0 Å². The van der Waals surface area contributed by atoms with Gasteiger partial charge in [-0.15, -0.1) is 22.7 Å². The third-order valence-electron chi connectivity index (χ3n) is 9.66. The standard InChI is InChI=1S/C36H46N8O6S2/c1-19(2)29(41-35(47)49-5)33(45)43-15-7-9-23(43)31-37-17-21(39-31)25-11-13-27(51-25)28-14-12-26(52-28)22-18-38-32(40-22)24-10-8-16-44(24)34(46)30(20(3)4)42-36(48)50-6/h11-14,17-20,23-24,29-30H,7-10,15-16H2,1-6H3,(H,37,39)(H,38,40)(H,41,47)(H,42,48)/t23-,24-,29-,30-/m0/s1. The van der Waals surface area contributed by atoms with Crippen LogP contribution in [-0.2, 0) is 19.1 Å². The average Bonchev–Trinajstić information content (AvgIpc) is 3.98. The van der Waals surface area contributed by atoms with E-state index in [1.807, 2.05) is 49.9 Å². The van der Waals surface area contributed by atoms with E-state index in [1.165, 1.54) is 14.2 Å². The number of aromatic amines is 2. The molecule has 4 aromatic heterocycles. The van der Waals surface area contributed by atoms with Crippen molar-refractivity contribution in [2.75, 3.05) is 27.3 Å². The van der Waals surface area contributed by atoms with Crippen LogP contribution in [0.3, 0.4) is 0 Å². The number of thiophene rings is 2. The zero-order chi connectivity index (χ0) is 37.1. The molecule has 2 saturated heterocycles. The summed E-state index contributed by atoms with van der Waals surface area (Å²) in [7, 11) is 2.58. The molecule has 0 spiro atoms. The quantitative estimate of drug-likeness (QED) is 0.137. The van der Waals surface area contributed by atoms with E-state index in [4.69, 9.17) is 9.47 Å². The Morgan fingerprint density at radius 1 is 0.692 bits per heavy atom. The van der Waals surface area contributed by atoms with Crippen molar-refractivity contribution in [3.05, 3.63) is 48.3 Å². The number of amides is 4. The summed E-state index contributed by atoms with van der Waals surface area (Å²) in [6, 6.07) is 6.55. The van der Waals surface area contributed by atoms with E-state index >= 15 is 0 Å². The molecule has 4 aromatic rings. The van der Waals surface area contributed by atoms with E-state index < -0.39 is 24.3 Å². The van der Waals surface area contributed by atoms with Gasteiger partial charge in [-0.05, 0) is 61.8 Å². The Kier molecular flexibility index (Phi) is 11.3. The van der Waals surface area contributed by atoms with Crippen LogP contribution in [0.25, 0.3) is 30.9 Å². The van der Waals surface area contributed by atoms with Crippen LogP contribution in [0.4, 0.5) is 9.59 Å². The summed E-state index contributed by atoms with van der Waals surface area (Å²) in [6.45, 7) is 8.79. The minimum absolute atomic E-state index is 0.105. The Hall–Kier alpha value is -4.70. The van der Waals surface area contributed by atoms with Gasteiger partial charge in [0.15, 0.2) is 0 Å². The minimum atomic E-state index is -0.688. The van der Waals surface area contributed by atoms with Gasteiger partial charge in [0, 0.05) is 22.8 Å². The maximum atomic E-state index is 13.5. The number of alkyl carbamates (subject to hydrolysis) is 2. The molecule has 278 valence electrons. The van der Waals surface area contributed by atoms with Gasteiger partial charge in [-0.2, -0.15) is 0 Å². The molecule has 0 aliphatic carbocycles. The number of carbonyl (C=O) groups excluding carboxylic acids is 4. The number of rotatable bonds is 11. The molecule has 4 N–H and O–H groups in total. The predicted octanol–water partition coefficient (Wildman–Crippen LogP) is 6.35. The van der Waals surface area contributed by atoms with Gasteiger partial charge in [-0.3, -0.25) is 9.59 Å². The molecule has 2 aliphatic heterocycles. The van der Waals surface area contributed by atoms with Gasteiger partial charge in [0.2, 0.25) is 11.8 Å². The summed E-state index contributed by atoms with van der Waals surface area (Å²) in [5.41, 5.74) is 1.76. The second-order valence-corrected chi connectivity index (χ2v) is 16.0. The van der Waals surface area contributed by atoms with Gasteiger partial charge in [0.05, 0.1) is 59.8 Å². The molecule has 14 nitrogen and oxygen atoms in total. The molecule has 0 aromatic carbocycles. The van der Waals surface area contributed by atoms with Crippen LogP contribution in [0.1, 0.15) is 77.1 Å². The third kappa shape index (κ3) is 7.72. The fraction of sp³-hybridized carbons (Fsp3) is 0.500. The monoisotopic (exact) mass is 750 g/mol. The normalized spacial score (nSPS) is 18.5. The second kappa shape index (κ2) is 15.9. The Labute approximate surface area is 310 Å². The SMILES string of the molecule is COC(=O)N[C@H](C(=O)N1CCC[C@H]1c1ncc(-c2ccc(-c3ccc(-c4cnc([C@@H]5CCCN5C(=O)[C@@H](NC(=O)OC)C(C)C)[nH]4)s3)s2)[nH]1)C(C)C. The smallest absolute Gasteiger partial charge is 0.407 e. The number of nitrogens with zero attached hydrogens (tertiary/aromatic N) is 4. The number of carbonyl (C=O) groups is 4. The van der Waals surface area contributed by atoms with Crippen LogP contribution in [0.5, 0.6) is 0 Å². The maximum Gasteiger partial charge on any atom is 0.407 e. The molecule has 0 bridgehead atoms. The number of likely N-dealkylation sites (tertiary alicyclic amines) is 2. The first-order chi connectivity index (χ1) is 25.0. The summed E-state index contributed by atoms with van der Waals surface area (Å²) in [6.07, 6.45) is 5.64. The number of methoxy groups -OCH3 is 2. The highest BCUT2D eigenvalue weighted by Crippen LogP contribution is 2.41. The van der Waals surface area contributed by atoms with Crippen LogP contribution in [0, 0.1) is 11.8 Å². The van der Waals surface area contributed by atoms with Crippen molar-refractivity contribution < 1.29 is 28.7 Å². The van der Waals surface area contributed by atoms with Gasteiger partial charge in [0.25, 0.3) is 0 Å². The summed E-state index contributed by atoms with van der Waals surface area (Å²) in [4.78, 5) is 75.2. The van der Waals surface area contributed by atoms with E-state index in [1.54, 1.807) is 22.7 Å².